The third-order valence-electron chi connectivity index (χ3n) is 2.34. The average molecular weight is 208 g/mol. The van der Waals surface area contributed by atoms with Gasteiger partial charge in [0.1, 0.15) is 0 Å². The van der Waals surface area contributed by atoms with E-state index in [4.69, 9.17) is 14.6 Å². The van der Waals surface area contributed by atoms with Gasteiger partial charge in [-0.3, -0.25) is 0 Å². The van der Waals surface area contributed by atoms with Gasteiger partial charge in [-0.15, -0.1) is 0 Å². The molecular formula is C11H12O4. The highest BCUT2D eigenvalue weighted by atomic mass is 16.7. The van der Waals surface area contributed by atoms with Crippen LogP contribution in [0.1, 0.15) is 16.7 Å². The highest BCUT2D eigenvalue weighted by molar-refractivity contribution is 5.70. The van der Waals surface area contributed by atoms with Crippen LogP contribution in [0.25, 0.3) is 0 Å². The quantitative estimate of drug-likeness (QED) is 0.759. The van der Waals surface area contributed by atoms with Crippen LogP contribution in [0.4, 0.5) is 0 Å². The van der Waals surface area contributed by atoms with Crippen molar-refractivity contribution in [2.24, 2.45) is 0 Å². The van der Waals surface area contributed by atoms with Gasteiger partial charge in [0.05, 0.1) is 13.2 Å². The zero-order chi connectivity index (χ0) is 10.8. The number of benzene rings is 1. The van der Waals surface area contributed by atoms with Crippen molar-refractivity contribution in [3.05, 3.63) is 34.9 Å². The minimum Gasteiger partial charge on any atom is -0.477 e. The van der Waals surface area contributed by atoms with Crippen molar-refractivity contribution >= 4 is 5.97 Å². The van der Waals surface area contributed by atoms with E-state index >= 15 is 0 Å². The molecule has 1 aliphatic rings. The fraction of sp³-hybridized carbons (Fsp3) is 0.364. The summed E-state index contributed by atoms with van der Waals surface area (Å²) in [5.74, 6) is -1.08. The zero-order valence-electron chi connectivity index (χ0n) is 8.40. The van der Waals surface area contributed by atoms with Gasteiger partial charge in [0, 0.05) is 0 Å². The Labute approximate surface area is 87.4 Å². The molecule has 0 radical (unpaired) electrons. The van der Waals surface area contributed by atoms with Crippen molar-refractivity contribution < 1.29 is 19.4 Å². The molecule has 2 rings (SSSR count). The van der Waals surface area contributed by atoms with Gasteiger partial charge in [0.15, 0.2) is 0 Å². The Morgan fingerprint density at radius 2 is 2.00 bits per heavy atom. The highest BCUT2D eigenvalue weighted by Crippen LogP contribution is 2.19. The number of hydrogen-bond donors (Lipinski definition) is 1. The predicted molar refractivity (Wildman–Crippen MR) is 52.2 cm³/mol. The van der Waals surface area contributed by atoms with Gasteiger partial charge in [-0.05, 0) is 18.1 Å². The van der Waals surface area contributed by atoms with E-state index in [9.17, 15) is 4.79 Å². The van der Waals surface area contributed by atoms with Crippen molar-refractivity contribution in [3.8, 4) is 0 Å². The molecule has 80 valence electrons. The summed E-state index contributed by atoms with van der Waals surface area (Å²) in [6.45, 7) is 2.56. The molecular weight excluding hydrogens is 196 g/mol. The second kappa shape index (κ2) is 4.00. The minimum atomic E-state index is -1.15. The van der Waals surface area contributed by atoms with Gasteiger partial charge >= 0.3 is 5.97 Å². The van der Waals surface area contributed by atoms with E-state index in [-0.39, 0.29) is 13.2 Å². The molecule has 1 N–H and O–H groups in total. The van der Waals surface area contributed by atoms with Crippen molar-refractivity contribution in [1.82, 2.24) is 0 Å². The normalized spacial score (nSPS) is 20.5. The number of carboxylic acid groups (broad SMARTS) is 1. The van der Waals surface area contributed by atoms with Crippen LogP contribution in [0.2, 0.25) is 0 Å². The lowest BCUT2D eigenvalue weighted by atomic mass is 10.1. The summed E-state index contributed by atoms with van der Waals surface area (Å²) in [6.07, 6.45) is -1.15. The van der Waals surface area contributed by atoms with Crippen molar-refractivity contribution in [1.29, 1.82) is 0 Å². The number of hydrogen-bond acceptors (Lipinski definition) is 3. The van der Waals surface area contributed by atoms with Crippen molar-refractivity contribution in [3.63, 3.8) is 0 Å². The van der Waals surface area contributed by atoms with Crippen LogP contribution in [0.3, 0.4) is 0 Å². The number of rotatable bonds is 1. The summed E-state index contributed by atoms with van der Waals surface area (Å²) in [7, 11) is 0. The molecule has 0 aromatic heterocycles. The third kappa shape index (κ3) is 2.16. The molecule has 0 saturated carbocycles. The standard InChI is InChI=1S/C11H12O4/c1-7-2-3-8-5-14-11(10(12)13)15-6-9(8)4-7/h2-4,11H,5-6H2,1H3,(H,12,13). The van der Waals surface area contributed by atoms with E-state index in [1.165, 1.54) is 0 Å². The smallest absolute Gasteiger partial charge is 0.361 e. The summed E-state index contributed by atoms with van der Waals surface area (Å²) < 4.78 is 10.2. The summed E-state index contributed by atoms with van der Waals surface area (Å²) in [4.78, 5) is 10.7. The lowest BCUT2D eigenvalue weighted by molar-refractivity contribution is -0.192. The van der Waals surface area contributed by atoms with E-state index < -0.39 is 12.3 Å². The average Bonchev–Trinajstić information content (AvgIpc) is 2.39. The monoisotopic (exact) mass is 208 g/mol. The molecule has 1 aromatic rings. The fourth-order valence-electron chi connectivity index (χ4n) is 1.55. The van der Waals surface area contributed by atoms with Gasteiger partial charge in [0.25, 0.3) is 6.29 Å². The van der Waals surface area contributed by atoms with Crippen LogP contribution in [0, 0.1) is 6.92 Å². The van der Waals surface area contributed by atoms with Crippen LogP contribution in [-0.2, 0) is 27.5 Å². The van der Waals surface area contributed by atoms with Crippen LogP contribution in [0.15, 0.2) is 18.2 Å². The number of ether oxygens (including phenoxy) is 2. The molecule has 4 nitrogen and oxygen atoms in total. The lowest BCUT2D eigenvalue weighted by Crippen LogP contribution is -2.25. The Balaban J connectivity index is 2.21. The zero-order valence-corrected chi connectivity index (χ0v) is 8.40. The maximum Gasteiger partial charge on any atom is 0.361 e. The molecule has 1 unspecified atom stereocenters. The lowest BCUT2D eigenvalue weighted by Gasteiger charge is -2.08. The number of aryl methyl sites for hydroxylation is 1. The molecule has 0 amide bonds. The first-order valence-corrected chi connectivity index (χ1v) is 4.71. The summed E-state index contributed by atoms with van der Waals surface area (Å²) in [6, 6.07) is 5.91. The number of fused-ring (bicyclic) bond motifs is 1. The maximum absolute atomic E-state index is 10.7. The maximum atomic E-state index is 10.7. The first-order valence-electron chi connectivity index (χ1n) is 4.71. The summed E-state index contributed by atoms with van der Waals surface area (Å²) in [5.41, 5.74) is 3.12. The van der Waals surface area contributed by atoms with Crippen molar-refractivity contribution in [2.75, 3.05) is 0 Å². The number of carboxylic acids is 1. The number of aliphatic carboxylic acids is 1. The molecule has 0 saturated heterocycles. The molecule has 1 aliphatic heterocycles. The molecule has 4 heteroatoms. The van der Waals surface area contributed by atoms with Crippen LogP contribution < -0.4 is 0 Å². The Bertz CT molecular complexity index is 386. The first kappa shape index (κ1) is 10.1. The Kier molecular flexibility index (Phi) is 2.70. The minimum absolute atomic E-state index is 0.284. The molecule has 15 heavy (non-hydrogen) atoms. The SMILES string of the molecule is Cc1ccc2c(c1)COC(C(=O)O)OC2. The molecule has 1 atom stereocenters. The van der Waals surface area contributed by atoms with Gasteiger partial charge in [-0.2, -0.15) is 0 Å². The van der Waals surface area contributed by atoms with E-state index in [0.29, 0.717) is 0 Å². The molecule has 0 bridgehead atoms. The van der Waals surface area contributed by atoms with Crippen LogP contribution >= 0.6 is 0 Å². The molecule has 0 aliphatic carbocycles. The molecule has 0 fully saturated rings. The molecule has 1 heterocycles. The Morgan fingerprint density at radius 3 is 2.67 bits per heavy atom. The van der Waals surface area contributed by atoms with E-state index in [1.54, 1.807) is 0 Å². The van der Waals surface area contributed by atoms with E-state index in [2.05, 4.69) is 0 Å². The first-order chi connectivity index (χ1) is 7.16. The van der Waals surface area contributed by atoms with Gasteiger partial charge < -0.3 is 14.6 Å². The van der Waals surface area contributed by atoms with E-state index in [1.807, 2.05) is 25.1 Å². The Morgan fingerprint density at radius 1 is 1.33 bits per heavy atom. The topological polar surface area (TPSA) is 55.8 Å². The van der Waals surface area contributed by atoms with E-state index in [0.717, 1.165) is 16.7 Å². The van der Waals surface area contributed by atoms with Crippen LogP contribution in [0.5, 0.6) is 0 Å². The molecule has 0 spiro atoms. The largest absolute Gasteiger partial charge is 0.477 e. The predicted octanol–water partition coefficient (Wildman–Crippen LogP) is 1.45. The van der Waals surface area contributed by atoms with Gasteiger partial charge in [-0.25, -0.2) is 4.79 Å². The van der Waals surface area contributed by atoms with Gasteiger partial charge in [0.2, 0.25) is 0 Å². The Hall–Kier alpha value is -1.39. The van der Waals surface area contributed by atoms with Crippen molar-refractivity contribution in [2.45, 2.75) is 26.4 Å². The highest BCUT2D eigenvalue weighted by Gasteiger charge is 2.22. The second-order valence-electron chi connectivity index (χ2n) is 3.56. The van der Waals surface area contributed by atoms with Crippen LogP contribution in [-0.4, -0.2) is 17.4 Å². The third-order valence-corrected chi connectivity index (χ3v) is 2.34. The summed E-state index contributed by atoms with van der Waals surface area (Å²) in [5, 5.41) is 8.75. The second-order valence-corrected chi connectivity index (χ2v) is 3.56. The fourth-order valence-corrected chi connectivity index (χ4v) is 1.55. The molecule has 1 aromatic carbocycles. The van der Waals surface area contributed by atoms with Gasteiger partial charge in [-0.1, -0.05) is 23.8 Å². The number of carbonyl (C=O) groups is 1. The summed E-state index contributed by atoms with van der Waals surface area (Å²) >= 11 is 0.